The average Bonchev–Trinajstić information content (AvgIpc) is 3.55. The lowest BCUT2D eigenvalue weighted by Crippen LogP contribution is -2.12. The molecular weight excluding hydrogens is 548 g/mol. The molecule has 0 fully saturated rings. The van der Waals surface area contributed by atoms with Crippen molar-refractivity contribution < 1.29 is 23.8 Å². The first-order chi connectivity index (χ1) is 19.4. The van der Waals surface area contributed by atoms with E-state index < -0.39 is 5.91 Å². The van der Waals surface area contributed by atoms with Crippen LogP contribution in [0, 0.1) is 0 Å². The standard InChI is InChI=1S/C29H26N4O5S2/c1-4-38-22(34)13-17-15-39-29(31-17)33-27(35)26-24(30)23-19(18-11-8-12-21(36-2)25(18)37-3)14-20(32-28(23)40-26)16-9-6-5-7-10-16/h5-12,14-15H,4,13,30H2,1-3H3,(H,31,33,35). The molecule has 0 spiro atoms. The second-order valence-electron chi connectivity index (χ2n) is 8.57. The van der Waals surface area contributed by atoms with Crippen LogP contribution < -0.4 is 20.5 Å². The van der Waals surface area contributed by atoms with Gasteiger partial charge >= 0.3 is 5.97 Å². The quantitative estimate of drug-likeness (QED) is 0.204. The third kappa shape index (κ3) is 5.33. The Bertz CT molecular complexity index is 1700. The van der Waals surface area contributed by atoms with E-state index >= 15 is 0 Å². The lowest BCUT2D eigenvalue weighted by atomic mass is 9.98. The number of hydrogen-bond acceptors (Lipinski definition) is 10. The van der Waals surface area contributed by atoms with Crippen LogP contribution in [-0.4, -0.2) is 42.7 Å². The Morgan fingerprint density at radius 1 is 1.00 bits per heavy atom. The molecule has 2 aromatic carbocycles. The molecule has 0 aliphatic rings. The molecule has 1 amide bonds. The number of thiophene rings is 1. The number of aromatic nitrogens is 2. The topological polar surface area (TPSA) is 126 Å². The molecule has 0 saturated heterocycles. The number of rotatable bonds is 9. The summed E-state index contributed by atoms with van der Waals surface area (Å²) in [4.78, 5) is 35.3. The molecule has 0 saturated carbocycles. The van der Waals surface area contributed by atoms with Gasteiger partial charge in [-0.3, -0.25) is 14.9 Å². The van der Waals surface area contributed by atoms with Gasteiger partial charge in [0, 0.05) is 27.5 Å². The fourth-order valence-corrected chi connectivity index (χ4v) is 6.04. The number of thiazole rings is 1. The van der Waals surface area contributed by atoms with Crippen LogP contribution in [0.1, 0.15) is 22.3 Å². The maximum atomic E-state index is 13.4. The lowest BCUT2D eigenvalue weighted by molar-refractivity contribution is -0.142. The summed E-state index contributed by atoms with van der Waals surface area (Å²) in [5.41, 5.74) is 10.6. The molecule has 0 bridgehead atoms. The van der Waals surface area contributed by atoms with Crippen LogP contribution >= 0.6 is 22.7 Å². The molecule has 3 aromatic heterocycles. The van der Waals surface area contributed by atoms with Gasteiger partial charge in [-0.1, -0.05) is 42.5 Å². The first-order valence-electron chi connectivity index (χ1n) is 12.3. The van der Waals surface area contributed by atoms with Crippen molar-refractivity contribution in [2.24, 2.45) is 0 Å². The third-order valence-electron chi connectivity index (χ3n) is 6.07. The minimum atomic E-state index is -0.414. The molecule has 0 aliphatic carbocycles. The van der Waals surface area contributed by atoms with Crippen molar-refractivity contribution in [1.82, 2.24) is 9.97 Å². The molecule has 0 aliphatic heterocycles. The van der Waals surface area contributed by atoms with Gasteiger partial charge in [-0.15, -0.1) is 22.7 Å². The van der Waals surface area contributed by atoms with E-state index in [1.807, 2.05) is 54.6 Å². The molecular formula is C29H26N4O5S2. The minimum Gasteiger partial charge on any atom is -0.493 e. The number of benzene rings is 2. The van der Waals surface area contributed by atoms with Gasteiger partial charge in [0.1, 0.15) is 9.71 Å². The van der Waals surface area contributed by atoms with Crippen molar-refractivity contribution in [3.63, 3.8) is 0 Å². The van der Waals surface area contributed by atoms with E-state index in [2.05, 4.69) is 10.3 Å². The molecule has 3 N–H and O–H groups in total. The Morgan fingerprint density at radius 2 is 1.80 bits per heavy atom. The molecule has 3 heterocycles. The molecule has 5 rings (SSSR count). The monoisotopic (exact) mass is 574 g/mol. The number of hydrogen-bond donors (Lipinski definition) is 2. The van der Waals surface area contributed by atoms with Gasteiger partial charge in [0.2, 0.25) is 0 Å². The molecule has 11 heteroatoms. The van der Waals surface area contributed by atoms with Gasteiger partial charge in [-0.25, -0.2) is 9.97 Å². The normalized spacial score (nSPS) is 10.9. The van der Waals surface area contributed by atoms with E-state index in [-0.39, 0.29) is 12.4 Å². The van der Waals surface area contributed by atoms with Crippen molar-refractivity contribution >= 4 is 55.6 Å². The zero-order valence-corrected chi connectivity index (χ0v) is 23.7. The van der Waals surface area contributed by atoms with E-state index in [0.717, 1.165) is 22.4 Å². The molecule has 204 valence electrons. The summed E-state index contributed by atoms with van der Waals surface area (Å²) in [7, 11) is 3.16. The summed E-state index contributed by atoms with van der Waals surface area (Å²) in [6.07, 6.45) is 0.0309. The second-order valence-corrected chi connectivity index (χ2v) is 10.4. The van der Waals surface area contributed by atoms with Gasteiger partial charge < -0.3 is 19.9 Å². The Morgan fingerprint density at radius 3 is 2.52 bits per heavy atom. The van der Waals surface area contributed by atoms with Gasteiger partial charge in [0.25, 0.3) is 5.91 Å². The second kappa shape index (κ2) is 11.7. The number of nitrogens with two attached hydrogens (primary N) is 1. The van der Waals surface area contributed by atoms with Gasteiger partial charge in [0.15, 0.2) is 16.6 Å². The van der Waals surface area contributed by atoms with E-state index in [1.54, 1.807) is 26.5 Å². The number of ether oxygens (including phenoxy) is 3. The Hall–Kier alpha value is -4.48. The fourth-order valence-electron chi connectivity index (χ4n) is 4.32. The highest BCUT2D eigenvalue weighted by Gasteiger charge is 2.24. The summed E-state index contributed by atoms with van der Waals surface area (Å²) in [5, 5.41) is 5.51. The maximum Gasteiger partial charge on any atom is 0.311 e. The number of amides is 1. The largest absolute Gasteiger partial charge is 0.493 e. The predicted molar refractivity (Wildman–Crippen MR) is 158 cm³/mol. The van der Waals surface area contributed by atoms with Crippen LogP contribution in [0.25, 0.3) is 32.6 Å². The highest BCUT2D eigenvalue weighted by Crippen LogP contribution is 2.46. The van der Waals surface area contributed by atoms with E-state index in [0.29, 0.717) is 49.7 Å². The number of carbonyl (C=O) groups is 2. The number of esters is 1. The average molecular weight is 575 g/mol. The van der Waals surface area contributed by atoms with Gasteiger partial charge in [-0.2, -0.15) is 0 Å². The zero-order valence-electron chi connectivity index (χ0n) is 22.0. The SMILES string of the molecule is CCOC(=O)Cc1csc(NC(=O)c2sc3nc(-c4ccccc4)cc(-c4cccc(OC)c4OC)c3c2N)n1. The van der Waals surface area contributed by atoms with Crippen LogP contribution in [0.2, 0.25) is 0 Å². The summed E-state index contributed by atoms with van der Waals surface area (Å²) >= 11 is 2.42. The summed E-state index contributed by atoms with van der Waals surface area (Å²) in [6.45, 7) is 2.04. The van der Waals surface area contributed by atoms with Crippen LogP contribution in [0.4, 0.5) is 10.8 Å². The molecule has 0 unspecified atom stereocenters. The highest BCUT2D eigenvalue weighted by atomic mass is 32.1. The van der Waals surface area contributed by atoms with E-state index in [4.69, 9.17) is 24.9 Å². The number of nitrogens with one attached hydrogen (secondary N) is 1. The van der Waals surface area contributed by atoms with Gasteiger partial charge in [0.05, 0.1) is 44.3 Å². The molecule has 0 radical (unpaired) electrons. The van der Waals surface area contributed by atoms with Crippen molar-refractivity contribution in [2.75, 3.05) is 31.9 Å². The van der Waals surface area contributed by atoms with Crippen LogP contribution in [0.3, 0.4) is 0 Å². The molecule has 40 heavy (non-hydrogen) atoms. The van der Waals surface area contributed by atoms with Crippen molar-refractivity contribution in [3.8, 4) is 33.9 Å². The Balaban J connectivity index is 1.59. The number of pyridine rings is 1. The number of anilines is 2. The van der Waals surface area contributed by atoms with Crippen LogP contribution in [0.5, 0.6) is 11.5 Å². The first kappa shape index (κ1) is 27.1. The maximum absolute atomic E-state index is 13.4. The van der Waals surface area contributed by atoms with Crippen molar-refractivity contribution in [2.45, 2.75) is 13.3 Å². The van der Waals surface area contributed by atoms with Crippen LogP contribution in [0.15, 0.2) is 60.0 Å². The number of methoxy groups -OCH3 is 2. The van der Waals surface area contributed by atoms with Crippen molar-refractivity contribution in [1.29, 1.82) is 0 Å². The smallest absolute Gasteiger partial charge is 0.311 e. The Kier molecular flexibility index (Phi) is 7.94. The summed E-state index contributed by atoms with van der Waals surface area (Å²) in [5.74, 6) is 0.327. The lowest BCUT2D eigenvalue weighted by Gasteiger charge is -2.15. The molecule has 5 aromatic rings. The van der Waals surface area contributed by atoms with E-state index in [9.17, 15) is 9.59 Å². The number of fused-ring (bicyclic) bond motifs is 1. The zero-order chi connectivity index (χ0) is 28.2. The summed E-state index contributed by atoms with van der Waals surface area (Å²) in [6, 6.07) is 17.3. The minimum absolute atomic E-state index is 0.0309. The molecule has 0 atom stereocenters. The van der Waals surface area contributed by atoms with E-state index in [1.165, 1.54) is 22.7 Å². The highest BCUT2D eigenvalue weighted by molar-refractivity contribution is 7.21. The Labute approximate surface area is 238 Å². The number of nitrogen functional groups attached to an aromatic ring is 1. The summed E-state index contributed by atoms with van der Waals surface area (Å²) < 4.78 is 16.2. The fraction of sp³-hybridized carbons (Fsp3) is 0.172. The van der Waals surface area contributed by atoms with Crippen molar-refractivity contribution in [3.05, 3.63) is 70.5 Å². The number of nitrogens with zero attached hydrogens (tertiary/aromatic N) is 2. The predicted octanol–water partition coefficient (Wildman–Crippen LogP) is 6.04. The number of carbonyl (C=O) groups excluding carboxylic acids is 2. The first-order valence-corrected chi connectivity index (χ1v) is 14.0. The van der Waals surface area contributed by atoms with Crippen LogP contribution in [-0.2, 0) is 16.0 Å². The molecule has 9 nitrogen and oxygen atoms in total. The van der Waals surface area contributed by atoms with Gasteiger partial charge in [-0.05, 0) is 19.1 Å². The third-order valence-corrected chi connectivity index (χ3v) is 7.98. The number of para-hydroxylation sites is 1.